The highest BCUT2D eigenvalue weighted by atomic mass is 19.4. The highest BCUT2D eigenvalue weighted by Gasteiger charge is 2.31. The summed E-state index contributed by atoms with van der Waals surface area (Å²) in [5.41, 5.74) is 1.10. The lowest BCUT2D eigenvalue weighted by atomic mass is 10.0. The zero-order valence-electron chi connectivity index (χ0n) is 11.4. The van der Waals surface area contributed by atoms with E-state index in [1.165, 1.54) is 13.2 Å². The van der Waals surface area contributed by atoms with Gasteiger partial charge in [-0.05, 0) is 24.1 Å². The van der Waals surface area contributed by atoms with E-state index in [0.29, 0.717) is 16.9 Å². The summed E-state index contributed by atoms with van der Waals surface area (Å²) in [7, 11) is 2.61. The molecule has 0 saturated heterocycles. The molecule has 0 fully saturated rings. The van der Waals surface area contributed by atoms with Crippen LogP contribution in [0.3, 0.4) is 0 Å². The molecule has 4 nitrogen and oxygen atoms in total. The minimum absolute atomic E-state index is 0.388. The van der Waals surface area contributed by atoms with Gasteiger partial charge in [0.15, 0.2) is 0 Å². The fraction of sp³-hybridized carbons (Fsp3) is 0.462. The maximum Gasteiger partial charge on any atom is 0.401 e. The lowest BCUT2D eigenvalue weighted by molar-refractivity contribution is -0.146. The van der Waals surface area contributed by atoms with Crippen LogP contribution < -0.4 is 10.1 Å². The number of esters is 1. The van der Waals surface area contributed by atoms with Crippen LogP contribution in [0, 0.1) is 6.92 Å². The van der Waals surface area contributed by atoms with Gasteiger partial charge in [-0.1, -0.05) is 12.1 Å². The van der Waals surface area contributed by atoms with Crippen LogP contribution in [-0.4, -0.2) is 32.9 Å². The molecule has 0 aromatic heterocycles. The molecule has 0 amide bonds. The third-order valence-corrected chi connectivity index (χ3v) is 2.70. The Morgan fingerprint density at radius 2 is 2.00 bits per heavy atom. The zero-order valence-corrected chi connectivity index (χ0v) is 11.4. The first-order valence-corrected chi connectivity index (χ1v) is 5.81. The van der Waals surface area contributed by atoms with Crippen molar-refractivity contribution in [3.63, 3.8) is 0 Å². The van der Waals surface area contributed by atoms with E-state index in [0.717, 1.165) is 7.11 Å². The summed E-state index contributed by atoms with van der Waals surface area (Å²) in [6.07, 6.45) is -4.41. The topological polar surface area (TPSA) is 47.6 Å². The first kappa shape index (κ1) is 16.3. The molecule has 0 heterocycles. The number of rotatable bonds is 5. The second-order valence-corrected chi connectivity index (χ2v) is 4.18. The third-order valence-electron chi connectivity index (χ3n) is 2.70. The average Bonchev–Trinajstić information content (AvgIpc) is 2.37. The van der Waals surface area contributed by atoms with Gasteiger partial charge in [0, 0.05) is 0 Å². The molecule has 7 heteroatoms. The molecular weight excluding hydrogens is 275 g/mol. The number of carbonyl (C=O) groups is 1. The second kappa shape index (κ2) is 6.60. The van der Waals surface area contributed by atoms with Gasteiger partial charge in [0.1, 0.15) is 11.8 Å². The smallest absolute Gasteiger partial charge is 0.401 e. The molecule has 20 heavy (non-hydrogen) atoms. The van der Waals surface area contributed by atoms with Crippen molar-refractivity contribution in [2.24, 2.45) is 0 Å². The number of alkyl halides is 3. The van der Waals surface area contributed by atoms with Crippen LogP contribution in [0.2, 0.25) is 0 Å². The van der Waals surface area contributed by atoms with E-state index in [2.05, 4.69) is 10.1 Å². The molecule has 0 aliphatic heterocycles. The summed E-state index contributed by atoms with van der Waals surface area (Å²) in [6.45, 7) is 0.457. The molecule has 1 atom stereocenters. The molecule has 1 aromatic rings. The van der Waals surface area contributed by atoms with Gasteiger partial charge in [-0.2, -0.15) is 13.2 Å². The molecule has 1 unspecified atom stereocenters. The first-order valence-electron chi connectivity index (χ1n) is 5.81. The number of halogens is 3. The van der Waals surface area contributed by atoms with Crippen molar-refractivity contribution in [3.05, 3.63) is 29.3 Å². The Morgan fingerprint density at radius 1 is 1.35 bits per heavy atom. The van der Waals surface area contributed by atoms with E-state index in [1.807, 2.05) is 0 Å². The number of ether oxygens (including phenoxy) is 2. The molecule has 1 N–H and O–H groups in total. The molecule has 0 bridgehead atoms. The van der Waals surface area contributed by atoms with Crippen molar-refractivity contribution in [2.45, 2.75) is 19.1 Å². The van der Waals surface area contributed by atoms with E-state index >= 15 is 0 Å². The van der Waals surface area contributed by atoms with Crippen molar-refractivity contribution in [1.29, 1.82) is 0 Å². The first-order chi connectivity index (χ1) is 9.28. The van der Waals surface area contributed by atoms with Crippen LogP contribution in [0.4, 0.5) is 13.2 Å². The van der Waals surface area contributed by atoms with Crippen molar-refractivity contribution in [2.75, 3.05) is 20.8 Å². The molecule has 1 aromatic carbocycles. The molecule has 0 radical (unpaired) electrons. The fourth-order valence-corrected chi connectivity index (χ4v) is 1.75. The number of carbonyl (C=O) groups excluding carboxylic acids is 1. The lowest BCUT2D eigenvalue weighted by Gasteiger charge is -2.19. The Labute approximate surface area is 114 Å². The Balaban J connectivity index is 2.99. The van der Waals surface area contributed by atoms with Crippen LogP contribution in [0.25, 0.3) is 0 Å². The highest BCUT2D eigenvalue weighted by molar-refractivity contribution is 5.77. The van der Waals surface area contributed by atoms with Gasteiger partial charge in [0.25, 0.3) is 0 Å². The second-order valence-electron chi connectivity index (χ2n) is 4.18. The van der Waals surface area contributed by atoms with Gasteiger partial charge in [0.2, 0.25) is 0 Å². The SMILES string of the molecule is COC(=O)C(NCC(F)(F)F)c1ccc(OC)c(C)c1. The van der Waals surface area contributed by atoms with Gasteiger partial charge < -0.3 is 9.47 Å². The van der Waals surface area contributed by atoms with Crippen molar-refractivity contribution in [1.82, 2.24) is 5.32 Å². The zero-order chi connectivity index (χ0) is 15.3. The summed E-state index contributed by atoms with van der Waals surface area (Å²) in [5, 5.41) is 2.15. The minimum atomic E-state index is -4.41. The standard InChI is InChI=1S/C13H16F3NO3/c1-8-6-9(4-5-10(8)19-2)11(12(18)20-3)17-7-13(14,15)16/h4-6,11,17H,7H2,1-3H3. The summed E-state index contributed by atoms with van der Waals surface area (Å²) < 4.78 is 46.4. The van der Waals surface area contributed by atoms with Crippen LogP contribution in [-0.2, 0) is 9.53 Å². The van der Waals surface area contributed by atoms with E-state index < -0.39 is 24.7 Å². The lowest BCUT2D eigenvalue weighted by Crippen LogP contribution is -2.36. The van der Waals surface area contributed by atoms with Gasteiger partial charge in [0.05, 0.1) is 20.8 Å². The van der Waals surface area contributed by atoms with Gasteiger partial charge in [-0.25, -0.2) is 4.79 Å². The highest BCUT2D eigenvalue weighted by Crippen LogP contribution is 2.24. The summed E-state index contributed by atoms with van der Waals surface area (Å²) in [4.78, 5) is 11.6. The van der Waals surface area contributed by atoms with Crippen molar-refractivity contribution < 1.29 is 27.4 Å². The van der Waals surface area contributed by atoms with Crippen molar-refractivity contribution >= 4 is 5.97 Å². The molecule has 0 spiro atoms. The largest absolute Gasteiger partial charge is 0.496 e. The third kappa shape index (κ3) is 4.41. The predicted molar refractivity (Wildman–Crippen MR) is 66.5 cm³/mol. The van der Waals surface area contributed by atoms with Crippen molar-refractivity contribution in [3.8, 4) is 5.75 Å². The molecule has 0 saturated carbocycles. The van der Waals surface area contributed by atoms with E-state index in [-0.39, 0.29) is 0 Å². The van der Waals surface area contributed by atoms with Gasteiger partial charge in [-0.15, -0.1) is 0 Å². The van der Waals surface area contributed by atoms with Crippen LogP contribution >= 0.6 is 0 Å². The quantitative estimate of drug-likeness (QED) is 0.846. The Morgan fingerprint density at radius 3 is 2.45 bits per heavy atom. The van der Waals surface area contributed by atoms with Crippen LogP contribution in [0.5, 0.6) is 5.75 Å². The van der Waals surface area contributed by atoms with Gasteiger partial charge in [-0.3, -0.25) is 5.32 Å². The van der Waals surface area contributed by atoms with Crippen LogP contribution in [0.15, 0.2) is 18.2 Å². The van der Waals surface area contributed by atoms with Crippen LogP contribution in [0.1, 0.15) is 17.2 Å². The molecular formula is C13H16F3NO3. The number of hydrogen-bond donors (Lipinski definition) is 1. The monoisotopic (exact) mass is 291 g/mol. The number of aryl methyl sites for hydroxylation is 1. The maximum absolute atomic E-state index is 12.3. The Bertz CT molecular complexity index is 474. The minimum Gasteiger partial charge on any atom is -0.496 e. The molecule has 112 valence electrons. The summed E-state index contributed by atoms with van der Waals surface area (Å²) in [5.74, 6) is -0.188. The predicted octanol–water partition coefficient (Wildman–Crippen LogP) is 2.37. The average molecular weight is 291 g/mol. The van der Waals surface area contributed by atoms with E-state index in [4.69, 9.17) is 4.74 Å². The number of methoxy groups -OCH3 is 2. The number of hydrogen-bond acceptors (Lipinski definition) is 4. The Hall–Kier alpha value is -1.76. The fourth-order valence-electron chi connectivity index (χ4n) is 1.75. The number of benzene rings is 1. The molecule has 1 rings (SSSR count). The van der Waals surface area contributed by atoms with Gasteiger partial charge >= 0.3 is 12.1 Å². The molecule has 0 aliphatic rings. The molecule has 0 aliphatic carbocycles. The van der Waals surface area contributed by atoms with E-state index in [1.54, 1.807) is 19.1 Å². The number of nitrogens with one attached hydrogen (secondary N) is 1. The maximum atomic E-state index is 12.3. The normalized spacial score (nSPS) is 12.9. The summed E-state index contributed by atoms with van der Waals surface area (Å²) in [6, 6.07) is 3.53. The van der Waals surface area contributed by atoms with E-state index in [9.17, 15) is 18.0 Å². The Kier molecular flexibility index (Phi) is 5.38. The summed E-state index contributed by atoms with van der Waals surface area (Å²) >= 11 is 0.